The lowest BCUT2D eigenvalue weighted by Gasteiger charge is -2.31. The molecule has 1 unspecified atom stereocenters. The van der Waals surface area contributed by atoms with Crippen molar-refractivity contribution in [3.05, 3.63) is 30.1 Å². The van der Waals surface area contributed by atoms with Crippen LogP contribution in [0, 0.1) is 11.7 Å². The van der Waals surface area contributed by atoms with Gasteiger partial charge >= 0.3 is 5.97 Å². The number of nitrogens with zero attached hydrogens (tertiary/aromatic N) is 1. The van der Waals surface area contributed by atoms with Gasteiger partial charge in [-0.2, -0.15) is 0 Å². The summed E-state index contributed by atoms with van der Waals surface area (Å²) in [4.78, 5) is 24.8. The maximum atomic E-state index is 12.8. The van der Waals surface area contributed by atoms with Gasteiger partial charge in [0.2, 0.25) is 5.91 Å². The Labute approximate surface area is 104 Å². The van der Waals surface area contributed by atoms with Gasteiger partial charge in [0, 0.05) is 18.7 Å². The number of piperidine rings is 1. The minimum atomic E-state index is -0.354. The molecule has 1 saturated heterocycles. The molecule has 0 radical (unpaired) electrons. The molecule has 2 rings (SSSR count). The number of carbonyl (C=O) groups is 2. The van der Waals surface area contributed by atoms with Crippen molar-refractivity contribution in [1.82, 2.24) is 0 Å². The minimum Gasteiger partial charge on any atom is -0.469 e. The quantitative estimate of drug-likeness (QED) is 0.752. The molecular formula is C13H14FNO3. The summed E-state index contributed by atoms with van der Waals surface area (Å²) in [5.41, 5.74) is 0.606. The van der Waals surface area contributed by atoms with Gasteiger partial charge in [-0.05, 0) is 30.7 Å². The molecule has 96 valence electrons. The monoisotopic (exact) mass is 251 g/mol. The molecule has 1 aromatic rings. The molecule has 1 amide bonds. The van der Waals surface area contributed by atoms with E-state index in [1.165, 1.54) is 36.3 Å². The zero-order valence-electron chi connectivity index (χ0n) is 10.1. The first-order chi connectivity index (χ1) is 8.61. The van der Waals surface area contributed by atoms with Gasteiger partial charge in [0.25, 0.3) is 0 Å². The van der Waals surface area contributed by atoms with Crippen LogP contribution in [0.3, 0.4) is 0 Å². The number of carbonyl (C=O) groups excluding carboxylic acids is 2. The molecule has 0 aromatic heterocycles. The SMILES string of the molecule is COC(=O)C1CCC(=O)N(c2ccc(F)cc2)C1. The highest BCUT2D eigenvalue weighted by Crippen LogP contribution is 2.25. The van der Waals surface area contributed by atoms with Gasteiger partial charge in [-0.3, -0.25) is 9.59 Å². The first kappa shape index (κ1) is 12.5. The molecule has 4 nitrogen and oxygen atoms in total. The Morgan fingerprint density at radius 1 is 1.39 bits per heavy atom. The number of rotatable bonds is 2. The minimum absolute atomic E-state index is 0.0539. The molecule has 0 aliphatic carbocycles. The Morgan fingerprint density at radius 3 is 2.67 bits per heavy atom. The molecule has 1 fully saturated rings. The smallest absolute Gasteiger partial charge is 0.310 e. The van der Waals surface area contributed by atoms with Crippen molar-refractivity contribution in [2.24, 2.45) is 5.92 Å². The number of ether oxygens (including phenoxy) is 1. The number of amides is 1. The van der Waals surface area contributed by atoms with Crippen LogP contribution in [0.2, 0.25) is 0 Å². The fraction of sp³-hybridized carbons (Fsp3) is 0.385. The van der Waals surface area contributed by atoms with Crippen molar-refractivity contribution in [2.75, 3.05) is 18.6 Å². The molecule has 1 aliphatic heterocycles. The van der Waals surface area contributed by atoms with Crippen LogP contribution in [0.5, 0.6) is 0 Å². The third-order valence-electron chi connectivity index (χ3n) is 3.08. The Kier molecular flexibility index (Phi) is 3.60. The molecule has 18 heavy (non-hydrogen) atoms. The highest BCUT2D eigenvalue weighted by Gasteiger charge is 2.31. The normalized spacial score (nSPS) is 19.8. The van der Waals surface area contributed by atoms with Crippen LogP contribution in [-0.4, -0.2) is 25.5 Å². The van der Waals surface area contributed by atoms with E-state index in [1.54, 1.807) is 0 Å². The number of esters is 1. The van der Waals surface area contributed by atoms with Crippen molar-refractivity contribution in [3.8, 4) is 0 Å². The van der Waals surface area contributed by atoms with E-state index in [-0.39, 0.29) is 30.2 Å². The van der Waals surface area contributed by atoms with Crippen LogP contribution >= 0.6 is 0 Å². The molecule has 1 heterocycles. The Morgan fingerprint density at radius 2 is 2.06 bits per heavy atom. The predicted molar refractivity (Wildman–Crippen MR) is 63.5 cm³/mol. The summed E-state index contributed by atoms with van der Waals surface area (Å²) in [6.45, 7) is 0.289. The first-order valence-corrected chi connectivity index (χ1v) is 5.75. The zero-order valence-corrected chi connectivity index (χ0v) is 10.1. The van der Waals surface area contributed by atoms with Gasteiger partial charge in [-0.1, -0.05) is 0 Å². The fourth-order valence-electron chi connectivity index (χ4n) is 2.08. The van der Waals surface area contributed by atoms with Gasteiger partial charge in [-0.25, -0.2) is 4.39 Å². The van der Waals surface area contributed by atoms with E-state index in [4.69, 9.17) is 4.74 Å². The predicted octanol–water partition coefficient (Wildman–Crippen LogP) is 1.74. The molecule has 1 aromatic carbocycles. The van der Waals surface area contributed by atoms with Crippen molar-refractivity contribution >= 4 is 17.6 Å². The van der Waals surface area contributed by atoms with E-state index >= 15 is 0 Å². The highest BCUT2D eigenvalue weighted by atomic mass is 19.1. The van der Waals surface area contributed by atoms with E-state index in [1.807, 2.05) is 0 Å². The van der Waals surface area contributed by atoms with E-state index in [0.29, 0.717) is 18.5 Å². The summed E-state index contributed by atoms with van der Waals surface area (Å²) in [5, 5.41) is 0. The number of anilines is 1. The molecule has 5 heteroatoms. The average Bonchev–Trinajstić information content (AvgIpc) is 2.39. The highest BCUT2D eigenvalue weighted by molar-refractivity contribution is 5.95. The van der Waals surface area contributed by atoms with Gasteiger partial charge in [0.1, 0.15) is 5.82 Å². The van der Waals surface area contributed by atoms with Gasteiger partial charge in [-0.15, -0.1) is 0 Å². The molecule has 1 aliphatic rings. The van der Waals surface area contributed by atoms with Crippen molar-refractivity contribution in [1.29, 1.82) is 0 Å². The average molecular weight is 251 g/mol. The first-order valence-electron chi connectivity index (χ1n) is 5.75. The lowest BCUT2D eigenvalue weighted by atomic mass is 9.97. The molecule has 0 bridgehead atoms. The zero-order chi connectivity index (χ0) is 13.1. The van der Waals surface area contributed by atoms with E-state index in [0.717, 1.165) is 0 Å². The van der Waals surface area contributed by atoms with Gasteiger partial charge < -0.3 is 9.64 Å². The van der Waals surface area contributed by atoms with Gasteiger partial charge in [0.05, 0.1) is 13.0 Å². The molecule has 0 N–H and O–H groups in total. The van der Waals surface area contributed by atoms with Crippen molar-refractivity contribution in [2.45, 2.75) is 12.8 Å². The second-order valence-electron chi connectivity index (χ2n) is 4.24. The summed E-state index contributed by atoms with van der Waals surface area (Å²) >= 11 is 0. The maximum absolute atomic E-state index is 12.8. The van der Waals surface area contributed by atoms with E-state index in [2.05, 4.69) is 0 Å². The second-order valence-corrected chi connectivity index (χ2v) is 4.24. The van der Waals surface area contributed by atoms with Crippen LogP contribution in [0.25, 0.3) is 0 Å². The summed E-state index contributed by atoms with van der Waals surface area (Å²) in [5.74, 6) is -1.03. The standard InChI is InChI=1S/C13H14FNO3/c1-18-13(17)9-2-7-12(16)15(8-9)11-5-3-10(14)4-6-11/h3-6,9H,2,7-8H2,1H3. The Hall–Kier alpha value is -1.91. The maximum Gasteiger partial charge on any atom is 0.310 e. The molecule has 0 spiro atoms. The third-order valence-corrected chi connectivity index (χ3v) is 3.08. The summed E-state index contributed by atoms with van der Waals surface area (Å²) in [6.07, 6.45) is 0.806. The fourth-order valence-corrected chi connectivity index (χ4v) is 2.08. The van der Waals surface area contributed by atoms with Crippen molar-refractivity contribution in [3.63, 3.8) is 0 Å². The largest absolute Gasteiger partial charge is 0.469 e. The van der Waals surface area contributed by atoms with Gasteiger partial charge in [0.15, 0.2) is 0 Å². The van der Waals surface area contributed by atoms with Crippen LogP contribution in [0.4, 0.5) is 10.1 Å². The van der Waals surface area contributed by atoms with Crippen LogP contribution < -0.4 is 4.90 Å². The van der Waals surface area contributed by atoms with E-state index < -0.39 is 0 Å². The lowest BCUT2D eigenvalue weighted by molar-refractivity contribution is -0.146. The van der Waals surface area contributed by atoms with E-state index in [9.17, 15) is 14.0 Å². The number of hydrogen-bond acceptors (Lipinski definition) is 3. The third kappa shape index (κ3) is 2.50. The number of benzene rings is 1. The molecule has 1 atom stereocenters. The number of halogens is 1. The summed E-state index contributed by atoms with van der Waals surface area (Å²) in [7, 11) is 1.33. The van der Waals surface area contributed by atoms with Crippen molar-refractivity contribution < 1.29 is 18.7 Å². The molecular weight excluding hydrogens is 237 g/mol. The molecule has 0 saturated carbocycles. The number of hydrogen-bond donors (Lipinski definition) is 0. The summed E-state index contributed by atoms with van der Waals surface area (Å²) in [6, 6.07) is 5.66. The second kappa shape index (κ2) is 5.16. The van der Waals surface area contributed by atoms with Crippen LogP contribution in [-0.2, 0) is 14.3 Å². The lowest BCUT2D eigenvalue weighted by Crippen LogP contribution is -2.43. The van der Waals surface area contributed by atoms with Crippen LogP contribution in [0.15, 0.2) is 24.3 Å². The number of methoxy groups -OCH3 is 1. The Balaban J connectivity index is 2.17. The summed E-state index contributed by atoms with van der Waals surface area (Å²) < 4.78 is 17.5. The van der Waals surface area contributed by atoms with Crippen LogP contribution in [0.1, 0.15) is 12.8 Å². The topological polar surface area (TPSA) is 46.6 Å². The Bertz CT molecular complexity index is 458.